The fourth-order valence-corrected chi connectivity index (χ4v) is 14.0. The second kappa shape index (κ2) is 28.6. The number of carbonyl (C=O) groups excluding carboxylic acids is 6. The third kappa shape index (κ3) is 12.7. The summed E-state index contributed by atoms with van der Waals surface area (Å²) in [4.78, 5) is 84.3. The first-order valence-corrected chi connectivity index (χ1v) is 31.7. The number of rotatable bonds is 22. The van der Waals surface area contributed by atoms with E-state index < -0.39 is 46.6 Å². The molecule has 5 aliphatic rings. The van der Waals surface area contributed by atoms with Crippen LogP contribution in [0.15, 0.2) is 48.5 Å². The van der Waals surface area contributed by atoms with Gasteiger partial charge in [-0.25, -0.2) is 0 Å². The molecule has 4 aromatic carbocycles. The molecule has 0 N–H and O–H groups in total. The van der Waals surface area contributed by atoms with Crippen molar-refractivity contribution in [3.63, 3.8) is 0 Å². The van der Waals surface area contributed by atoms with Gasteiger partial charge in [0.15, 0.2) is 0 Å². The van der Waals surface area contributed by atoms with E-state index >= 15 is 0 Å². The first-order valence-electron chi connectivity index (χ1n) is 31.7. The minimum Gasteiger partial charge on any atom is -0.496 e. The second-order valence-corrected chi connectivity index (χ2v) is 23.5. The van der Waals surface area contributed by atoms with Crippen LogP contribution in [0.4, 0.5) is 0 Å². The highest BCUT2D eigenvalue weighted by molar-refractivity contribution is 6.18. The quantitative estimate of drug-likeness (QED) is 0.0409. The lowest BCUT2D eigenvalue weighted by atomic mass is 9.64. The van der Waals surface area contributed by atoms with Gasteiger partial charge in [0.1, 0.15) is 23.0 Å². The van der Waals surface area contributed by atoms with E-state index in [-0.39, 0.29) is 89.4 Å². The summed E-state index contributed by atoms with van der Waals surface area (Å²) in [6, 6.07) is 18.4. The van der Waals surface area contributed by atoms with Crippen molar-refractivity contribution >= 4 is 35.8 Å². The molecule has 0 saturated heterocycles. The lowest BCUT2D eigenvalue weighted by Gasteiger charge is -2.41. The van der Waals surface area contributed by atoms with Crippen LogP contribution < -0.4 is 18.9 Å². The van der Waals surface area contributed by atoms with Gasteiger partial charge in [-0.3, -0.25) is 28.8 Å². The average molecular weight is 1190 g/mol. The summed E-state index contributed by atoms with van der Waals surface area (Å²) in [5, 5.41) is 0. The normalized spacial score (nSPS) is 18.7. The predicted molar refractivity (Wildman–Crippen MR) is 321 cm³/mol. The van der Waals surface area contributed by atoms with E-state index in [1.165, 1.54) is 22.3 Å². The molecule has 5 aliphatic carbocycles. The summed E-state index contributed by atoms with van der Waals surface area (Å²) in [5.41, 5.74) is 7.97. The first kappa shape index (κ1) is 63.4. The van der Waals surface area contributed by atoms with Gasteiger partial charge in [0.25, 0.3) is 10.8 Å². The van der Waals surface area contributed by atoms with Crippen LogP contribution in [0.3, 0.4) is 0 Å². The Hall–Kier alpha value is -7.10. The third-order valence-electron chi connectivity index (χ3n) is 18.4. The van der Waals surface area contributed by atoms with Crippen molar-refractivity contribution in [2.24, 2.45) is 10.8 Å². The summed E-state index contributed by atoms with van der Waals surface area (Å²) in [7, 11) is 3.47. The van der Waals surface area contributed by atoms with Gasteiger partial charge in [0.05, 0.1) is 67.1 Å². The molecule has 0 amide bonds. The summed E-state index contributed by atoms with van der Waals surface area (Å²) in [5.74, 6) is -3.55. The fraction of sp³-hybridized carbons (Fsp3) is 0.571. The number of hydrogen-bond acceptors (Lipinski definition) is 16. The largest absolute Gasteiger partial charge is 0.496 e. The molecular weight excluding hydrogens is 1100 g/mol. The van der Waals surface area contributed by atoms with E-state index in [9.17, 15) is 28.8 Å². The van der Waals surface area contributed by atoms with E-state index in [0.29, 0.717) is 24.3 Å². The monoisotopic (exact) mass is 1180 g/mol. The number of methoxy groups -OCH3 is 2. The molecule has 2 saturated carbocycles. The topological polar surface area (TPSA) is 195 Å². The van der Waals surface area contributed by atoms with E-state index in [2.05, 4.69) is 48.5 Å². The number of carbonyl (C=O) groups is 6. The zero-order chi connectivity index (χ0) is 61.1. The Kier molecular flexibility index (Phi) is 21.1. The van der Waals surface area contributed by atoms with Gasteiger partial charge >= 0.3 is 35.8 Å². The Morgan fingerprint density at radius 3 is 0.837 bits per heavy atom. The Morgan fingerprint density at radius 2 is 0.605 bits per heavy atom. The van der Waals surface area contributed by atoms with Gasteiger partial charge in [0, 0.05) is 25.7 Å². The van der Waals surface area contributed by atoms with Crippen molar-refractivity contribution in [3.05, 3.63) is 115 Å². The molecule has 12 bridgehead atoms. The summed E-state index contributed by atoms with van der Waals surface area (Å²) in [6.45, 7) is 8.82. The standard InChI is InChI=1S/C70H88O16/c1-9-79-63(71)69(64(72)80-10-2,65(73)81-11-3)29-31-85-61-49-35-45-23-19-15-17-22-44-34-48(60(78-8)55(37-44)51-25-27-53(51)57(61)39-45)42-50-36-46-24-20-16-18-21-43-33-47(41-49)59(77-7)56(38-43)52-26-28-54(52)58(40-46)62(50)86-32-30-70(66(74)82-12-4,67(75)83-13-5)68(76)84-14-6/h33-40,51-54H,9-32,41-42H2,1-8H3. The molecule has 4 atom stereocenters. The predicted octanol–water partition coefficient (Wildman–Crippen LogP) is 11.9. The van der Waals surface area contributed by atoms with Crippen LogP contribution >= 0.6 is 0 Å². The van der Waals surface area contributed by atoms with Crippen molar-refractivity contribution in [1.29, 1.82) is 0 Å². The lowest BCUT2D eigenvalue weighted by molar-refractivity contribution is -0.187. The van der Waals surface area contributed by atoms with E-state index in [4.69, 9.17) is 47.4 Å². The second-order valence-electron chi connectivity index (χ2n) is 23.5. The van der Waals surface area contributed by atoms with Crippen LogP contribution in [-0.2, 0) is 95.7 Å². The van der Waals surface area contributed by atoms with Crippen LogP contribution in [0.2, 0.25) is 0 Å². The first-order chi connectivity index (χ1) is 41.7. The van der Waals surface area contributed by atoms with Crippen LogP contribution in [0, 0.1) is 10.8 Å². The minimum absolute atomic E-state index is 0.0138. The van der Waals surface area contributed by atoms with Crippen molar-refractivity contribution in [2.45, 2.75) is 181 Å². The van der Waals surface area contributed by atoms with Crippen LogP contribution in [-0.4, -0.2) is 103 Å². The smallest absolute Gasteiger partial charge is 0.335 e. The van der Waals surface area contributed by atoms with Crippen LogP contribution in [0.5, 0.6) is 23.0 Å². The van der Waals surface area contributed by atoms with Crippen molar-refractivity contribution in [2.75, 3.05) is 67.1 Å². The Balaban J connectivity index is 1.27. The molecule has 0 spiro atoms. The number of hydrogen-bond donors (Lipinski definition) is 0. The Morgan fingerprint density at radius 1 is 0.360 bits per heavy atom. The van der Waals surface area contributed by atoms with Gasteiger partial charge in [-0.05, 0) is 209 Å². The van der Waals surface area contributed by atoms with E-state index in [1.54, 1.807) is 55.8 Å². The number of fused-ring (bicyclic) bond motifs is 8. The molecule has 16 heteroatoms. The third-order valence-corrected chi connectivity index (χ3v) is 18.4. The Bertz CT molecular complexity index is 2840. The molecular formula is C70H88O16. The highest BCUT2D eigenvalue weighted by Crippen LogP contribution is 2.58. The number of aryl methyl sites for hydroxylation is 4. The number of esters is 6. The van der Waals surface area contributed by atoms with Crippen molar-refractivity contribution in [1.82, 2.24) is 0 Å². The highest BCUT2D eigenvalue weighted by atomic mass is 16.6. The van der Waals surface area contributed by atoms with Crippen LogP contribution in [0.25, 0.3) is 0 Å². The van der Waals surface area contributed by atoms with Gasteiger partial charge in [-0.1, -0.05) is 61.4 Å². The average Bonchev–Trinajstić information content (AvgIpc) is 1.02. The molecule has 16 nitrogen and oxygen atoms in total. The summed E-state index contributed by atoms with van der Waals surface area (Å²) >= 11 is 0. The zero-order valence-electron chi connectivity index (χ0n) is 51.8. The van der Waals surface area contributed by atoms with E-state index in [0.717, 1.165) is 146 Å². The Labute approximate surface area is 506 Å². The van der Waals surface area contributed by atoms with Gasteiger partial charge in [-0.15, -0.1) is 0 Å². The molecule has 0 radical (unpaired) electrons. The number of ether oxygens (including phenoxy) is 10. The summed E-state index contributed by atoms with van der Waals surface area (Å²) < 4.78 is 60.4. The fourth-order valence-electron chi connectivity index (χ4n) is 14.0. The molecule has 9 rings (SSSR count). The van der Waals surface area contributed by atoms with Gasteiger partial charge in [0.2, 0.25) is 0 Å². The lowest BCUT2D eigenvalue weighted by Crippen LogP contribution is -2.50. The maximum absolute atomic E-state index is 14.1. The highest BCUT2D eigenvalue weighted by Gasteiger charge is 2.59. The zero-order valence-corrected chi connectivity index (χ0v) is 51.8. The maximum atomic E-state index is 14.1. The molecule has 464 valence electrons. The van der Waals surface area contributed by atoms with Crippen molar-refractivity contribution < 1.29 is 76.1 Å². The molecule has 2 fully saturated rings. The van der Waals surface area contributed by atoms with Gasteiger partial charge in [-0.2, -0.15) is 0 Å². The minimum atomic E-state index is -2.43. The SMILES string of the molecule is CCOC(=O)C(CCOc1c2cc3cc1C1CCC1c1cc(cc(c1OC)Cc1cc4cc(c1OCCC(C(=O)OCC)(C(=O)OCC)C(=O)OCC)C1CCC1c1cc(cc(c1OC)C2)CCCCC4)CCCCC3)(C(=O)OCC)C(=O)OCC. The molecule has 0 heterocycles. The number of benzene rings is 4. The molecule has 4 unspecified atom stereocenters. The maximum Gasteiger partial charge on any atom is 0.335 e. The summed E-state index contributed by atoms with van der Waals surface area (Å²) in [6.07, 6.45) is 12.7. The molecule has 0 aromatic heterocycles. The van der Waals surface area contributed by atoms with Crippen molar-refractivity contribution in [3.8, 4) is 23.0 Å². The van der Waals surface area contributed by atoms with E-state index in [1.807, 2.05) is 0 Å². The molecule has 86 heavy (non-hydrogen) atoms. The molecule has 4 aromatic rings. The van der Waals surface area contributed by atoms with Crippen LogP contribution in [0.1, 0.15) is 209 Å². The van der Waals surface area contributed by atoms with Gasteiger partial charge < -0.3 is 47.4 Å². The molecule has 0 aliphatic heterocycles.